The molecule has 0 unspecified atom stereocenters. The zero-order chi connectivity index (χ0) is 20.2. The second-order valence-corrected chi connectivity index (χ2v) is 7.98. The molecule has 1 amide bonds. The van der Waals surface area contributed by atoms with Crippen molar-refractivity contribution in [1.29, 1.82) is 0 Å². The van der Waals surface area contributed by atoms with Gasteiger partial charge < -0.3 is 10.2 Å². The molecule has 4 aromatic rings. The number of pyridine rings is 1. The molecule has 1 aliphatic rings. The molecule has 1 aromatic carbocycles. The first kappa shape index (κ1) is 17.9. The van der Waals surface area contributed by atoms with Crippen molar-refractivity contribution in [3.63, 3.8) is 0 Å². The Morgan fingerprint density at radius 1 is 1.34 bits per heavy atom. The van der Waals surface area contributed by atoms with Crippen LogP contribution in [0.3, 0.4) is 0 Å². The van der Waals surface area contributed by atoms with Crippen molar-refractivity contribution >= 4 is 50.1 Å². The number of anilines is 2. The maximum absolute atomic E-state index is 13.1. The second kappa shape index (κ2) is 6.45. The minimum atomic E-state index is -2.67. The summed E-state index contributed by atoms with van der Waals surface area (Å²) >= 11 is 1.20. The molecule has 0 atom stereocenters. The highest BCUT2D eigenvalue weighted by Crippen LogP contribution is 2.40. The second-order valence-electron chi connectivity index (χ2n) is 7.17. The van der Waals surface area contributed by atoms with Crippen LogP contribution in [0.25, 0.3) is 21.1 Å². The third-order valence-corrected chi connectivity index (χ3v) is 6.00. The summed E-state index contributed by atoms with van der Waals surface area (Å²) in [5.41, 5.74) is 2.63. The van der Waals surface area contributed by atoms with Crippen LogP contribution in [-0.4, -0.2) is 49.4 Å². The number of carbonyl (C=O) groups is 1. The Balaban J connectivity index is 1.39. The number of hydrogen-bond acceptors (Lipinski definition) is 6. The van der Waals surface area contributed by atoms with Gasteiger partial charge in [-0.05, 0) is 41.9 Å². The van der Waals surface area contributed by atoms with Crippen LogP contribution in [0.5, 0.6) is 0 Å². The van der Waals surface area contributed by atoms with Crippen LogP contribution in [0, 0.1) is 0 Å². The van der Waals surface area contributed by atoms with Gasteiger partial charge in [-0.15, -0.1) is 0 Å². The van der Waals surface area contributed by atoms with E-state index in [1.54, 1.807) is 19.3 Å². The quantitative estimate of drug-likeness (QED) is 0.523. The summed E-state index contributed by atoms with van der Waals surface area (Å²) < 4.78 is 31.4. The third kappa shape index (κ3) is 3.09. The molecule has 0 bridgehead atoms. The van der Waals surface area contributed by atoms with E-state index in [0.29, 0.717) is 16.9 Å². The van der Waals surface area contributed by atoms with E-state index < -0.39 is 12.0 Å². The number of fused-ring (bicyclic) bond motifs is 2. The number of halogens is 2. The standard InChI is InChI=1S/C19H16F2N6OS/c1-27(11-8-19(20,21)9-11)18(28)15-12-5-4-10(7-14(12)29-26-15)23-17-16-13(24-25-17)3-2-6-22-16/h2-7,11H,8-9H2,1H3,(H2,23,24,25). The lowest BCUT2D eigenvalue weighted by Gasteiger charge is -2.40. The topological polar surface area (TPSA) is 86.8 Å². The molecular weight excluding hydrogens is 398 g/mol. The predicted molar refractivity (Wildman–Crippen MR) is 107 cm³/mol. The smallest absolute Gasteiger partial charge is 0.274 e. The fourth-order valence-corrected chi connectivity index (χ4v) is 4.29. The molecule has 5 rings (SSSR count). The van der Waals surface area contributed by atoms with Gasteiger partial charge in [0.05, 0.1) is 10.2 Å². The van der Waals surface area contributed by atoms with Crippen LogP contribution in [0.4, 0.5) is 20.3 Å². The minimum Gasteiger partial charge on any atom is -0.337 e. The number of nitrogens with one attached hydrogen (secondary N) is 2. The van der Waals surface area contributed by atoms with Crippen molar-refractivity contribution in [2.45, 2.75) is 24.8 Å². The van der Waals surface area contributed by atoms with Crippen molar-refractivity contribution in [3.05, 3.63) is 42.2 Å². The number of benzene rings is 1. The van der Waals surface area contributed by atoms with E-state index in [1.165, 1.54) is 16.4 Å². The monoisotopic (exact) mass is 414 g/mol. The summed E-state index contributed by atoms with van der Waals surface area (Å²) in [4.78, 5) is 18.4. The van der Waals surface area contributed by atoms with Gasteiger partial charge in [0.2, 0.25) is 0 Å². The first-order valence-electron chi connectivity index (χ1n) is 9.02. The SMILES string of the molecule is CN(C(=O)c1nsc2cc(Nc3n[nH]c4cccnc34)ccc12)C1CC(F)(F)C1. The van der Waals surface area contributed by atoms with Crippen LogP contribution in [0.1, 0.15) is 23.3 Å². The maximum Gasteiger partial charge on any atom is 0.274 e. The minimum absolute atomic E-state index is 0.293. The number of carbonyl (C=O) groups excluding carboxylic acids is 1. The number of alkyl halides is 2. The molecule has 0 radical (unpaired) electrons. The molecule has 7 nitrogen and oxygen atoms in total. The van der Waals surface area contributed by atoms with E-state index >= 15 is 0 Å². The molecule has 3 aromatic heterocycles. The first-order chi connectivity index (χ1) is 13.9. The van der Waals surface area contributed by atoms with Gasteiger partial charge in [-0.2, -0.15) is 9.47 Å². The average Bonchev–Trinajstić information content (AvgIpc) is 3.29. The van der Waals surface area contributed by atoms with Gasteiger partial charge >= 0.3 is 0 Å². The summed E-state index contributed by atoms with van der Waals surface area (Å²) in [7, 11) is 1.55. The molecule has 2 N–H and O–H groups in total. The van der Waals surface area contributed by atoms with Crippen LogP contribution in [0.15, 0.2) is 36.5 Å². The number of H-pyrrole nitrogens is 1. The Bertz CT molecular complexity index is 1230. The van der Waals surface area contributed by atoms with Crippen molar-refractivity contribution in [3.8, 4) is 0 Å². The molecule has 1 aliphatic carbocycles. The Kier molecular flexibility index (Phi) is 3.98. The van der Waals surface area contributed by atoms with Crippen LogP contribution < -0.4 is 5.32 Å². The summed E-state index contributed by atoms with van der Waals surface area (Å²) in [6.45, 7) is 0. The molecule has 0 spiro atoms. The normalized spacial score (nSPS) is 16.1. The number of aromatic nitrogens is 4. The fraction of sp³-hybridized carbons (Fsp3) is 0.263. The number of hydrogen-bond donors (Lipinski definition) is 2. The highest BCUT2D eigenvalue weighted by atomic mass is 32.1. The summed E-state index contributed by atoms with van der Waals surface area (Å²) in [5, 5.41) is 11.1. The number of nitrogens with zero attached hydrogens (tertiary/aromatic N) is 4. The molecule has 1 fully saturated rings. The molecule has 10 heteroatoms. The lowest BCUT2D eigenvalue weighted by molar-refractivity contribution is -0.112. The van der Waals surface area contributed by atoms with E-state index in [0.717, 1.165) is 21.4 Å². The molecule has 3 heterocycles. The number of amides is 1. The lowest BCUT2D eigenvalue weighted by atomic mass is 9.87. The number of rotatable bonds is 4. The highest BCUT2D eigenvalue weighted by molar-refractivity contribution is 7.13. The van der Waals surface area contributed by atoms with Crippen molar-refractivity contribution in [1.82, 2.24) is 24.5 Å². The van der Waals surface area contributed by atoms with E-state index in [9.17, 15) is 13.6 Å². The van der Waals surface area contributed by atoms with Gasteiger partial charge in [0.1, 0.15) is 11.2 Å². The fourth-order valence-electron chi connectivity index (χ4n) is 3.48. The first-order valence-corrected chi connectivity index (χ1v) is 9.79. The summed E-state index contributed by atoms with van der Waals surface area (Å²) in [6, 6.07) is 8.78. The Hall–Kier alpha value is -3.14. The van der Waals surface area contributed by atoms with E-state index in [4.69, 9.17) is 0 Å². The van der Waals surface area contributed by atoms with Gasteiger partial charge in [0, 0.05) is 43.2 Å². The highest BCUT2D eigenvalue weighted by Gasteiger charge is 2.48. The van der Waals surface area contributed by atoms with E-state index in [-0.39, 0.29) is 18.7 Å². The van der Waals surface area contributed by atoms with Gasteiger partial charge in [0.15, 0.2) is 5.82 Å². The van der Waals surface area contributed by atoms with Crippen LogP contribution in [0.2, 0.25) is 0 Å². The molecule has 0 saturated heterocycles. The molecule has 148 valence electrons. The van der Waals surface area contributed by atoms with Crippen LogP contribution >= 0.6 is 11.5 Å². The van der Waals surface area contributed by atoms with Gasteiger partial charge in [0.25, 0.3) is 11.8 Å². The lowest BCUT2D eigenvalue weighted by Crippen LogP contribution is -2.51. The zero-order valence-electron chi connectivity index (χ0n) is 15.3. The Labute approximate surface area is 167 Å². The van der Waals surface area contributed by atoms with Crippen molar-refractivity contribution in [2.24, 2.45) is 0 Å². The molecule has 29 heavy (non-hydrogen) atoms. The average molecular weight is 414 g/mol. The largest absolute Gasteiger partial charge is 0.337 e. The molecular formula is C19H16F2N6OS. The van der Waals surface area contributed by atoms with Gasteiger partial charge in [-0.25, -0.2) is 8.78 Å². The maximum atomic E-state index is 13.1. The van der Waals surface area contributed by atoms with Gasteiger partial charge in [-0.3, -0.25) is 14.9 Å². The Morgan fingerprint density at radius 2 is 2.17 bits per heavy atom. The third-order valence-electron chi connectivity index (χ3n) is 5.19. The van der Waals surface area contributed by atoms with Crippen LogP contribution in [-0.2, 0) is 0 Å². The predicted octanol–water partition coefficient (Wildman–Crippen LogP) is 4.18. The van der Waals surface area contributed by atoms with Crippen molar-refractivity contribution < 1.29 is 13.6 Å². The number of aromatic amines is 1. The molecule has 0 aliphatic heterocycles. The molecule has 1 saturated carbocycles. The zero-order valence-corrected chi connectivity index (χ0v) is 16.1. The van der Waals surface area contributed by atoms with E-state index in [1.807, 2.05) is 24.3 Å². The summed E-state index contributed by atoms with van der Waals surface area (Å²) in [5.74, 6) is -2.40. The van der Waals surface area contributed by atoms with Crippen molar-refractivity contribution in [2.75, 3.05) is 12.4 Å². The summed E-state index contributed by atoms with van der Waals surface area (Å²) in [6.07, 6.45) is 1.11. The Morgan fingerprint density at radius 3 is 2.97 bits per heavy atom. The van der Waals surface area contributed by atoms with Gasteiger partial charge in [-0.1, -0.05) is 0 Å². The van der Waals surface area contributed by atoms with E-state index in [2.05, 4.69) is 24.9 Å².